The molecule has 0 spiro atoms. The van der Waals surface area contributed by atoms with Crippen LogP contribution in [0.25, 0.3) is 21.5 Å². The molecule has 4 rings (SSSR count). The van der Waals surface area contributed by atoms with Gasteiger partial charge in [0.05, 0.1) is 15.9 Å². The Morgan fingerprint density at radius 3 is 2.41 bits per heavy atom. The summed E-state index contributed by atoms with van der Waals surface area (Å²) in [6.07, 6.45) is -3.61. The monoisotopic (exact) mass is 567 g/mol. The molecule has 2 N–H and O–H groups in total. The summed E-state index contributed by atoms with van der Waals surface area (Å²) in [7, 11) is 0. The highest BCUT2D eigenvalue weighted by molar-refractivity contribution is 7.90. The Morgan fingerprint density at radius 2 is 1.76 bits per heavy atom. The second kappa shape index (κ2) is 10.2. The lowest BCUT2D eigenvalue weighted by atomic mass is 9.94. The van der Waals surface area contributed by atoms with E-state index in [0.717, 1.165) is 6.07 Å². The first-order valence-electron chi connectivity index (χ1n) is 11.3. The number of aromatic nitrogens is 2. The Morgan fingerprint density at radius 1 is 1.05 bits per heavy atom. The topological polar surface area (TPSA) is 81.1 Å². The van der Waals surface area contributed by atoms with Crippen molar-refractivity contribution in [2.75, 3.05) is 0 Å². The fourth-order valence-corrected chi connectivity index (χ4v) is 5.86. The molecule has 2 aromatic heterocycles. The molecule has 5 nitrogen and oxygen atoms in total. The number of rotatable bonds is 6. The van der Waals surface area contributed by atoms with Gasteiger partial charge in [0.15, 0.2) is 5.60 Å². The van der Waals surface area contributed by atoms with Crippen LogP contribution in [-0.2, 0) is 17.0 Å². The Labute approximate surface area is 225 Å². The van der Waals surface area contributed by atoms with Crippen molar-refractivity contribution in [2.24, 2.45) is 0 Å². The third-order valence-corrected chi connectivity index (χ3v) is 8.90. The summed E-state index contributed by atoms with van der Waals surface area (Å²) in [6.45, 7) is 6.27. The molecule has 37 heavy (non-hydrogen) atoms. The van der Waals surface area contributed by atoms with Crippen LogP contribution in [0.1, 0.15) is 49.9 Å². The van der Waals surface area contributed by atoms with E-state index in [4.69, 9.17) is 16.6 Å². The van der Waals surface area contributed by atoms with E-state index >= 15 is 0 Å². The Kier molecular flexibility index (Phi) is 7.64. The zero-order valence-corrected chi connectivity index (χ0v) is 22.8. The predicted octanol–water partition coefficient (Wildman–Crippen LogP) is 6.92. The van der Waals surface area contributed by atoms with Gasteiger partial charge in [0, 0.05) is 28.1 Å². The van der Waals surface area contributed by atoms with E-state index in [-0.39, 0.29) is 11.3 Å². The van der Waals surface area contributed by atoms with Crippen LogP contribution in [0.3, 0.4) is 0 Å². The minimum atomic E-state index is -4.86. The number of halogens is 4. The molecule has 11 heteroatoms. The molecular weight excluding hydrogens is 543 g/mol. The summed E-state index contributed by atoms with van der Waals surface area (Å²) in [5.41, 5.74) is -1.22. The number of nitrogens with one attached hydrogen (secondary N) is 1. The number of thiazole rings is 1. The van der Waals surface area contributed by atoms with Crippen molar-refractivity contribution in [2.45, 2.75) is 50.3 Å². The van der Waals surface area contributed by atoms with Gasteiger partial charge in [-0.2, -0.15) is 13.2 Å². The minimum absolute atomic E-state index is 0.267. The zero-order chi connectivity index (χ0) is 27.2. The van der Waals surface area contributed by atoms with Crippen LogP contribution in [0.4, 0.5) is 13.2 Å². The smallest absolute Gasteiger partial charge is 0.421 e. The molecule has 1 unspecified atom stereocenters. The Bertz CT molecular complexity index is 1420. The molecule has 4 aromatic rings. The summed E-state index contributed by atoms with van der Waals surface area (Å²) in [5, 5.41) is 11.2. The number of nitrogens with zero attached hydrogens (tertiary/aromatic N) is 2. The van der Waals surface area contributed by atoms with Gasteiger partial charge in [0.1, 0.15) is 15.8 Å². The van der Waals surface area contributed by atoms with Crippen LogP contribution in [0.15, 0.2) is 60.8 Å². The highest BCUT2D eigenvalue weighted by Crippen LogP contribution is 2.41. The number of aliphatic hydroxyl groups is 1. The van der Waals surface area contributed by atoms with Crippen molar-refractivity contribution >= 4 is 44.5 Å². The highest BCUT2D eigenvalue weighted by atomic mass is 35.5. The maximum atomic E-state index is 13.5. The van der Waals surface area contributed by atoms with Crippen LogP contribution in [-0.4, -0.2) is 30.6 Å². The van der Waals surface area contributed by atoms with E-state index in [1.165, 1.54) is 23.6 Å². The van der Waals surface area contributed by atoms with Gasteiger partial charge in [-0.05, 0) is 63.1 Å². The molecule has 0 amide bonds. The molecule has 0 aliphatic carbocycles. The molecular formula is C26H25ClF3N3O2S2. The molecule has 196 valence electrons. The number of benzene rings is 2. The fraction of sp³-hybridized carbons (Fsp3) is 0.308. The molecule has 0 radical (unpaired) electrons. The molecule has 3 atom stereocenters. The maximum absolute atomic E-state index is 13.5. The van der Waals surface area contributed by atoms with Gasteiger partial charge >= 0.3 is 6.18 Å². The standard InChI is InChI=1S/C26H25ClF3N3O2S2/c1-24(2,3)37(35)33-21(16-8-5-6-10-18(16)27)23-32-19-11-7-9-17(22(19)36-23)20-14-15(12-13-31-20)25(4,34)26(28,29)30/h5-14,21,33-34H,1-4H3/t21-,25?,37+/m1/s1. The highest BCUT2D eigenvalue weighted by Gasteiger charge is 2.51. The predicted molar refractivity (Wildman–Crippen MR) is 143 cm³/mol. The Balaban J connectivity index is 1.84. The minimum Gasteiger partial charge on any atom is -0.598 e. The van der Waals surface area contributed by atoms with Gasteiger partial charge in [-0.3, -0.25) is 4.98 Å². The third kappa shape index (κ3) is 5.64. The van der Waals surface area contributed by atoms with E-state index in [1.807, 2.05) is 32.9 Å². The van der Waals surface area contributed by atoms with E-state index in [0.29, 0.717) is 38.3 Å². The third-order valence-electron chi connectivity index (χ3n) is 5.83. The number of alkyl halides is 3. The van der Waals surface area contributed by atoms with Gasteiger partial charge < -0.3 is 9.66 Å². The lowest BCUT2D eigenvalue weighted by molar-refractivity contribution is -0.258. The average molecular weight is 568 g/mol. The number of fused-ring (bicyclic) bond motifs is 1. The van der Waals surface area contributed by atoms with Gasteiger partial charge in [-0.25, -0.2) is 4.98 Å². The Hall–Kier alpha value is -2.21. The van der Waals surface area contributed by atoms with E-state index in [2.05, 4.69) is 9.71 Å². The molecule has 2 aromatic carbocycles. The normalized spacial score (nSPS) is 15.9. The summed E-state index contributed by atoms with van der Waals surface area (Å²) in [6, 6.07) is 14.3. The van der Waals surface area contributed by atoms with E-state index in [1.54, 1.807) is 30.3 Å². The lowest BCUT2D eigenvalue weighted by Gasteiger charge is -2.27. The van der Waals surface area contributed by atoms with Gasteiger partial charge in [0.2, 0.25) is 0 Å². The van der Waals surface area contributed by atoms with Crippen LogP contribution >= 0.6 is 22.9 Å². The molecule has 0 saturated carbocycles. The number of pyridine rings is 1. The number of hydrogen-bond donors (Lipinski definition) is 2. The van der Waals surface area contributed by atoms with Crippen molar-refractivity contribution in [1.29, 1.82) is 0 Å². The van der Waals surface area contributed by atoms with Crippen molar-refractivity contribution in [3.63, 3.8) is 0 Å². The SMILES string of the molecule is CC(C)(C)[S@+]([O-])N[C@@H](c1nc2cccc(-c3cc(C(C)(O)C(F)(F)F)ccn3)c2s1)c1ccccc1Cl. The van der Waals surface area contributed by atoms with Gasteiger partial charge in [0.25, 0.3) is 0 Å². The van der Waals surface area contributed by atoms with E-state index < -0.39 is 33.9 Å². The molecule has 0 fully saturated rings. The van der Waals surface area contributed by atoms with Gasteiger partial charge in [-0.1, -0.05) is 41.9 Å². The van der Waals surface area contributed by atoms with Gasteiger partial charge in [-0.15, -0.1) is 16.1 Å². The van der Waals surface area contributed by atoms with Crippen molar-refractivity contribution in [3.8, 4) is 11.3 Å². The molecule has 2 heterocycles. The second-order valence-electron chi connectivity index (χ2n) is 9.66. The summed E-state index contributed by atoms with van der Waals surface area (Å²) >= 11 is 6.36. The fourth-order valence-electron chi connectivity index (χ4n) is 3.58. The van der Waals surface area contributed by atoms with E-state index in [9.17, 15) is 22.8 Å². The summed E-state index contributed by atoms with van der Waals surface area (Å²) < 4.78 is 56.7. The first-order chi connectivity index (χ1) is 17.2. The number of hydrogen-bond acceptors (Lipinski definition) is 6. The van der Waals surface area contributed by atoms with Crippen molar-refractivity contribution < 1.29 is 22.8 Å². The summed E-state index contributed by atoms with van der Waals surface area (Å²) in [5.74, 6) is 0. The zero-order valence-electron chi connectivity index (χ0n) is 20.4. The average Bonchev–Trinajstić information content (AvgIpc) is 3.26. The molecule has 0 aliphatic heterocycles. The van der Waals surface area contributed by atoms with Crippen molar-refractivity contribution in [3.05, 3.63) is 82.0 Å². The quantitative estimate of drug-likeness (QED) is 0.247. The first kappa shape index (κ1) is 27.8. The maximum Gasteiger partial charge on any atom is 0.421 e. The van der Waals surface area contributed by atoms with Crippen molar-refractivity contribution in [1.82, 2.24) is 14.7 Å². The van der Waals surface area contributed by atoms with Crippen LogP contribution in [0, 0.1) is 0 Å². The molecule has 0 bridgehead atoms. The molecule has 0 aliphatic rings. The summed E-state index contributed by atoms with van der Waals surface area (Å²) in [4.78, 5) is 9.05. The largest absolute Gasteiger partial charge is 0.598 e. The van der Waals surface area contributed by atoms with Crippen LogP contribution in [0.2, 0.25) is 5.02 Å². The lowest BCUT2D eigenvalue weighted by Crippen LogP contribution is -2.41. The van der Waals surface area contributed by atoms with Crippen LogP contribution < -0.4 is 4.72 Å². The second-order valence-corrected chi connectivity index (χ2v) is 13.1. The van der Waals surface area contributed by atoms with Crippen LogP contribution in [0.5, 0.6) is 0 Å². The molecule has 0 saturated heterocycles. The first-order valence-corrected chi connectivity index (χ1v) is 13.6.